The van der Waals surface area contributed by atoms with Crippen LogP contribution >= 0.6 is 0 Å². The first kappa shape index (κ1) is 13.1. The highest BCUT2D eigenvalue weighted by Gasteiger charge is 2.32. The Morgan fingerprint density at radius 3 is 2.19 bits per heavy atom. The maximum absolute atomic E-state index is 9.51. The van der Waals surface area contributed by atoms with Crippen molar-refractivity contribution in [2.24, 2.45) is 0 Å². The molecular formula is C11H18NO3S+. The van der Waals surface area contributed by atoms with Crippen molar-refractivity contribution in [1.29, 1.82) is 0 Å². The maximum Gasteiger partial charge on any atom is 0.152 e. The summed E-state index contributed by atoms with van der Waals surface area (Å²) in [5.74, 6) is -0.0724. The van der Waals surface area contributed by atoms with E-state index in [1.807, 2.05) is 6.26 Å². The first-order valence-electron chi connectivity index (χ1n) is 4.96. The Morgan fingerprint density at radius 2 is 1.75 bits per heavy atom. The highest BCUT2D eigenvalue weighted by atomic mass is 32.2. The van der Waals surface area contributed by atoms with Gasteiger partial charge in [0.15, 0.2) is 4.75 Å². The second-order valence-electron chi connectivity index (χ2n) is 4.48. The number of aromatic nitrogens is 1. The quantitative estimate of drug-likeness (QED) is 0.798. The van der Waals surface area contributed by atoms with Crippen LogP contribution in [0.4, 0.5) is 0 Å². The summed E-state index contributed by atoms with van der Waals surface area (Å²) in [4.78, 5) is 3.67. The molecule has 1 atom stereocenters. The topological polar surface area (TPSA) is 62.6 Å². The second-order valence-corrected chi connectivity index (χ2v) is 6.85. The number of pyridine rings is 1. The summed E-state index contributed by atoms with van der Waals surface area (Å²) in [6, 6.07) is 0. The largest absolute Gasteiger partial charge is 0.506 e. The molecule has 1 aromatic rings. The third kappa shape index (κ3) is 3.28. The summed E-state index contributed by atoms with van der Waals surface area (Å²) in [6.45, 7) is 6.45. The average Bonchev–Trinajstić information content (AvgIpc) is 2.15. The molecule has 90 valence electrons. The minimum absolute atomic E-state index is 0.0362. The molecular weight excluding hydrogens is 226 g/mol. The number of rotatable bonds is 3. The van der Waals surface area contributed by atoms with Crippen molar-refractivity contribution in [3.05, 3.63) is 18.0 Å². The summed E-state index contributed by atoms with van der Waals surface area (Å²) in [6.07, 6.45) is 4.59. The van der Waals surface area contributed by atoms with Gasteiger partial charge in [0.1, 0.15) is 35.5 Å². The summed E-state index contributed by atoms with van der Waals surface area (Å²) in [7, 11) is 0. The van der Waals surface area contributed by atoms with E-state index in [-0.39, 0.29) is 34.0 Å². The van der Waals surface area contributed by atoms with Gasteiger partial charge in [0, 0.05) is 0 Å². The van der Waals surface area contributed by atoms with Gasteiger partial charge in [0.2, 0.25) is 0 Å². The summed E-state index contributed by atoms with van der Waals surface area (Å²) in [5.41, 5.74) is 0.388. The molecule has 0 fully saturated rings. The number of nitrogens with zero attached hydrogens (tertiary/aromatic N) is 1. The van der Waals surface area contributed by atoms with E-state index >= 15 is 0 Å². The first-order chi connectivity index (χ1) is 7.32. The molecule has 0 saturated heterocycles. The van der Waals surface area contributed by atoms with E-state index in [1.54, 1.807) is 0 Å². The van der Waals surface area contributed by atoms with Gasteiger partial charge in [-0.15, -0.1) is 0 Å². The Labute approximate surface area is 98.8 Å². The maximum atomic E-state index is 9.51. The van der Waals surface area contributed by atoms with E-state index in [1.165, 1.54) is 12.4 Å². The predicted molar refractivity (Wildman–Crippen MR) is 65.4 cm³/mol. The number of hydrogen-bond donors (Lipinski definition) is 2. The van der Waals surface area contributed by atoms with E-state index in [0.717, 1.165) is 0 Å². The Hall–Kier alpha value is -0.940. The standard InChI is InChI=1S/C11H17NO3S/c1-11(2,3)16(4)15-7-8-9(13)5-12-6-10(8)14/h5-6H,7H2,1-4H3,(H-,13,14)/p+1. The van der Waals surface area contributed by atoms with Crippen molar-refractivity contribution in [2.75, 3.05) is 6.26 Å². The molecule has 5 heteroatoms. The number of hydrogen-bond acceptors (Lipinski definition) is 4. The van der Waals surface area contributed by atoms with E-state index < -0.39 is 0 Å². The zero-order chi connectivity index (χ0) is 12.3. The van der Waals surface area contributed by atoms with Gasteiger partial charge in [-0.25, -0.2) is 0 Å². The highest BCUT2D eigenvalue weighted by Crippen LogP contribution is 2.27. The SMILES string of the molecule is C[S+](OCc1c(O)cncc1O)C(C)(C)C. The Bertz CT molecular complexity index is 342. The van der Waals surface area contributed by atoms with Gasteiger partial charge in [-0.2, -0.15) is 4.18 Å². The van der Waals surface area contributed by atoms with Crippen LogP contribution < -0.4 is 0 Å². The fourth-order valence-corrected chi connectivity index (χ4v) is 1.59. The molecule has 0 aliphatic carbocycles. The molecule has 0 aliphatic rings. The smallest absolute Gasteiger partial charge is 0.152 e. The normalized spacial score (nSPS) is 13.8. The monoisotopic (exact) mass is 244 g/mol. The lowest BCUT2D eigenvalue weighted by Crippen LogP contribution is -2.28. The van der Waals surface area contributed by atoms with E-state index in [2.05, 4.69) is 25.8 Å². The molecule has 0 spiro atoms. The van der Waals surface area contributed by atoms with Gasteiger partial charge in [-0.3, -0.25) is 4.98 Å². The Balaban J connectivity index is 2.69. The lowest BCUT2D eigenvalue weighted by molar-refractivity contribution is 0.321. The minimum Gasteiger partial charge on any atom is -0.506 e. The van der Waals surface area contributed by atoms with Crippen LogP contribution in [0.2, 0.25) is 0 Å². The molecule has 0 saturated carbocycles. The molecule has 0 aliphatic heterocycles. The van der Waals surface area contributed by atoms with E-state index in [4.69, 9.17) is 4.18 Å². The molecule has 0 amide bonds. The van der Waals surface area contributed by atoms with Crippen molar-refractivity contribution < 1.29 is 14.4 Å². The van der Waals surface area contributed by atoms with Crippen LogP contribution in [-0.2, 0) is 22.0 Å². The molecule has 1 heterocycles. The summed E-state index contributed by atoms with van der Waals surface area (Å²) in [5, 5.41) is 19.0. The number of aromatic hydroxyl groups is 2. The van der Waals surface area contributed by atoms with Crippen molar-refractivity contribution in [1.82, 2.24) is 4.98 Å². The predicted octanol–water partition coefficient (Wildman–Crippen LogP) is 1.97. The van der Waals surface area contributed by atoms with Gasteiger partial charge in [-0.1, -0.05) is 0 Å². The van der Waals surface area contributed by atoms with Crippen molar-refractivity contribution in [2.45, 2.75) is 32.1 Å². The fourth-order valence-electron chi connectivity index (χ4n) is 0.937. The lowest BCUT2D eigenvalue weighted by Gasteiger charge is -2.16. The van der Waals surface area contributed by atoms with Crippen LogP contribution in [0.3, 0.4) is 0 Å². The van der Waals surface area contributed by atoms with Crippen LogP contribution in [0.5, 0.6) is 11.5 Å². The van der Waals surface area contributed by atoms with Crippen LogP contribution in [0, 0.1) is 0 Å². The van der Waals surface area contributed by atoms with E-state index in [9.17, 15) is 10.2 Å². The van der Waals surface area contributed by atoms with Crippen LogP contribution in [0.25, 0.3) is 0 Å². The average molecular weight is 244 g/mol. The zero-order valence-corrected chi connectivity index (χ0v) is 10.8. The molecule has 1 aromatic heterocycles. The fraction of sp³-hybridized carbons (Fsp3) is 0.545. The second kappa shape index (κ2) is 4.93. The molecule has 16 heavy (non-hydrogen) atoms. The zero-order valence-electron chi connectivity index (χ0n) is 10.0. The van der Waals surface area contributed by atoms with Crippen LogP contribution in [0.15, 0.2) is 12.4 Å². The van der Waals surface area contributed by atoms with Gasteiger partial charge in [-0.05, 0) is 20.8 Å². The highest BCUT2D eigenvalue weighted by molar-refractivity contribution is 7.92. The molecule has 4 nitrogen and oxygen atoms in total. The van der Waals surface area contributed by atoms with Crippen molar-refractivity contribution in [3.63, 3.8) is 0 Å². The molecule has 2 N–H and O–H groups in total. The molecule has 0 aromatic carbocycles. The van der Waals surface area contributed by atoms with E-state index in [0.29, 0.717) is 5.56 Å². The third-order valence-electron chi connectivity index (χ3n) is 2.25. The van der Waals surface area contributed by atoms with Crippen molar-refractivity contribution in [3.8, 4) is 11.5 Å². The summed E-state index contributed by atoms with van der Waals surface area (Å²) >= 11 is -0.247. The first-order valence-corrected chi connectivity index (χ1v) is 6.52. The van der Waals surface area contributed by atoms with Gasteiger partial charge in [0.25, 0.3) is 0 Å². The minimum atomic E-state index is -0.247. The lowest BCUT2D eigenvalue weighted by atomic mass is 10.2. The molecule has 0 bridgehead atoms. The molecule has 1 rings (SSSR count). The van der Waals surface area contributed by atoms with Gasteiger partial charge >= 0.3 is 0 Å². The Kier molecular flexibility index (Phi) is 4.04. The molecule has 0 radical (unpaired) electrons. The van der Waals surface area contributed by atoms with Gasteiger partial charge in [0.05, 0.1) is 18.0 Å². The van der Waals surface area contributed by atoms with Crippen LogP contribution in [-0.4, -0.2) is 26.2 Å². The van der Waals surface area contributed by atoms with Gasteiger partial charge < -0.3 is 10.2 Å². The Morgan fingerprint density at radius 1 is 1.25 bits per heavy atom. The third-order valence-corrected chi connectivity index (χ3v) is 4.45. The molecule has 1 unspecified atom stereocenters. The van der Waals surface area contributed by atoms with Crippen LogP contribution in [0.1, 0.15) is 26.3 Å². The van der Waals surface area contributed by atoms with Crippen molar-refractivity contribution >= 4 is 11.2 Å². The summed E-state index contributed by atoms with van der Waals surface area (Å²) < 4.78 is 5.69.